The summed E-state index contributed by atoms with van der Waals surface area (Å²) in [4.78, 5) is 2.53. The van der Waals surface area contributed by atoms with E-state index in [-0.39, 0.29) is 0 Å². The molecule has 0 saturated carbocycles. The van der Waals surface area contributed by atoms with Crippen LogP contribution in [0.25, 0.3) is 33.4 Å². The van der Waals surface area contributed by atoms with E-state index in [1.54, 1.807) is 0 Å². The van der Waals surface area contributed by atoms with E-state index in [2.05, 4.69) is 169 Å². The third-order valence-electron chi connectivity index (χ3n) is 7.40. The van der Waals surface area contributed by atoms with Gasteiger partial charge < -0.3 is 0 Å². The van der Waals surface area contributed by atoms with Gasteiger partial charge in [0.2, 0.25) is 0 Å². The highest BCUT2D eigenvalue weighted by Crippen LogP contribution is 2.24. The molecule has 40 heavy (non-hydrogen) atoms. The van der Waals surface area contributed by atoms with Gasteiger partial charge in [-0.1, -0.05) is 164 Å². The largest absolute Gasteiger partial charge is 0.291 e. The lowest BCUT2D eigenvalue weighted by molar-refractivity contribution is 0.248. The number of nitrogens with zero attached hydrogens (tertiary/aromatic N) is 1. The van der Waals surface area contributed by atoms with E-state index in [4.69, 9.17) is 0 Å². The molecule has 1 nitrogen and oxygen atoms in total. The first kappa shape index (κ1) is 25.6. The maximum Gasteiger partial charge on any atom is 0.0240 e. The Bertz CT molecular complexity index is 1400. The van der Waals surface area contributed by atoms with Crippen molar-refractivity contribution >= 4 is 0 Å². The van der Waals surface area contributed by atoms with Crippen molar-refractivity contribution in [3.63, 3.8) is 0 Å². The van der Waals surface area contributed by atoms with Gasteiger partial charge in [0, 0.05) is 19.6 Å². The Hall–Kier alpha value is -4.72. The minimum Gasteiger partial charge on any atom is -0.291 e. The first-order valence-corrected chi connectivity index (χ1v) is 14.0. The van der Waals surface area contributed by atoms with Crippen molar-refractivity contribution in [3.05, 3.63) is 180 Å². The summed E-state index contributed by atoms with van der Waals surface area (Å²) in [5, 5.41) is 0. The number of hydrogen-bond donors (Lipinski definition) is 0. The summed E-state index contributed by atoms with van der Waals surface area (Å²) in [5.41, 5.74) is 11.5. The highest BCUT2D eigenvalue weighted by atomic mass is 15.1. The van der Waals surface area contributed by atoms with E-state index >= 15 is 0 Å². The van der Waals surface area contributed by atoms with Crippen molar-refractivity contribution in [2.75, 3.05) is 0 Å². The molecule has 0 amide bonds. The smallest absolute Gasteiger partial charge is 0.0240 e. The van der Waals surface area contributed by atoms with Crippen molar-refractivity contribution in [2.24, 2.45) is 0 Å². The molecule has 0 aliphatic rings. The van der Waals surface area contributed by atoms with Crippen LogP contribution in [0.4, 0.5) is 0 Å². The van der Waals surface area contributed by atoms with Crippen molar-refractivity contribution in [3.8, 4) is 33.4 Å². The van der Waals surface area contributed by atoms with Crippen LogP contribution in [0, 0.1) is 0 Å². The van der Waals surface area contributed by atoms with Gasteiger partial charge >= 0.3 is 0 Å². The van der Waals surface area contributed by atoms with E-state index in [9.17, 15) is 0 Å². The van der Waals surface area contributed by atoms with Crippen LogP contribution in [0.1, 0.15) is 16.7 Å². The molecule has 0 spiro atoms. The van der Waals surface area contributed by atoms with Gasteiger partial charge in [-0.05, 0) is 50.1 Å². The molecule has 6 aromatic carbocycles. The van der Waals surface area contributed by atoms with Gasteiger partial charge in [-0.15, -0.1) is 0 Å². The summed E-state index contributed by atoms with van der Waals surface area (Å²) >= 11 is 0. The molecule has 0 aromatic heterocycles. The first-order valence-electron chi connectivity index (χ1n) is 14.0. The summed E-state index contributed by atoms with van der Waals surface area (Å²) in [7, 11) is 0. The molecule has 0 aliphatic heterocycles. The van der Waals surface area contributed by atoms with Crippen LogP contribution < -0.4 is 0 Å². The summed E-state index contributed by atoms with van der Waals surface area (Å²) < 4.78 is 0. The molecule has 6 aromatic rings. The molecule has 1 heteroatoms. The van der Waals surface area contributed by atoms with Crippen molar-refractivity contribution in [1.29, 1.82) is 0 Å². The Morgan fingerprint density at radius 3 is 0.725 bits per heavy atom. The lowest BCUT2D eigenvalue weighted by Gasteiger charge is -2.23. The van der Waals surface area contributed by atoms with Gasteiger partial charge in [-0.3, -0.25) is 4.90 Å². The highest BCUT2D eigenvalue weighted by molar-refractivity contribution is 5.65. The van der Waals surface area contributed by atoms with Crippen LogP contribution in [-0.2, 0) is 19.6 Å². The van der Waals surface area contributed by atoms with Crippen LogP contribution >= 0.6 is 0 Å². The predicted molar refractivity (Wildman–Crippen MR) is 169 cm³/mol. The maximum absolute atomic E-state index is 2.53. The second kappa shape index (κ2) is 12.4. The summed E-state index contributed by atoms with van der Waals surface area (Å²) in [6.07, 6.45) is 0. The zero-order chi connectivity index (χ0) is 27.0. The van der Waals surface area contributed by atoms with Crippen LogP contribution in [0.2, 0.25) is 0 Å². The van der Waals surface area contributed by atoms with Gasteiger partial charge in [0.05, 0.1) is 0 Å². The molecule has 194 valence electrons. The van der Waals surface area contributed by atoms with Gasteiger partial charge in [0.15, 0.2) is 0 Å². The standard InChI is InChI=1S/C39H33N/c1-4-10-34(11-5-1)37-22-16-31(17-23-37)28-40(29-32-18-24-38(25-19-32)35-12-6-2-7-13-35)30-33-20-26-39(27-21-33)36-14-8-3-9-15-36/h1-27H,28-30H2. The van der Waals surface area contributed by atoms with Crippen LogP contribution in [0.3, 0.4) is 0 Å². The van der Waals surface area contributed by atoms with Crippen molar-refractivity contribution in [1.82, 2.24) is 4.90 Å². The van der Waals surface area contributed by atoms with E-state index in [0.717, 1.165) is 19.6 Å². The number of hydrogen-bond acceptors (Lipinski definition) is 1. The van der Waals surface area contributed by atoms with Gasteiger partial charge in [-0.25, -0.2) is 0 Å². The summed E-state index contributed by atoms with van der Waals surface area (Å²) in [5.74, 6) is 0. The zero-order valence-corrected chi connectivity index (χ0v) is 22.7. The molecule has 0 bridgehead atoms. The van der Waals surface area contributed by atoms with E-state index in [1.807, 2.05) is 0 Å². The Morgan fingerprint density at radius 2 is 0.475 bits per heavy atom. The lowest BCUT2D eigenvalue weighted by Crippen LogP contribution is -2.22. The molecule has 0 radical (unpaired) electrons. The monoisotopic (exact) mass is 515 g/mol. The van der Waals surface area contributed by atoms with Crippen LogP contribution in [0.15, 0.2) is 164 Å². The van der Waals surface area contributed by atoms with Crippen LogP contribution in [-0.4, -0.2) is 4.90 Å². The molecular formula is C39H33N. The molecule has 0 unspecified atom stereocenters. The predicted octanol–water partition coefficient (Wildman–Crippen LogP) is 9.89. The molecule has 0 aliphatic carbocycles. The summed E-state index contributed by atoms with van der Waals surface area (Å²) in [6.45, 7) is 2.65. The molecular weight excluding hydrogens is 482 g/mol. The van der Waals surface area contributed by atoms with E-state index in [0.29, 0.717) is 0 Å². The third-order valence-corrected chi connectivity index (χ3v) is 7.40. The topological polar surface area (TPSA) is 3.24 Å². The Balaban J connectivity index is 1.21. The third kappa shape index (κ3) is 6.46. The van der Waals surface area contributed by atoms with Gasteiger partial charge in [-0.2, -0.15) is 0 Å². The normalized spacial score (nSPS) is 11.0. The minimum absolute atomic E-state index is 0.885. The average molecular weight is 516 g/mol. The van der Waals surface area contributed by atoms with Gasteiger partial charge in [0.25, 0.3) is 0 Å². The van der Waals surface area contributed by atoms with Crippen molar-refractivity contribution in [2.45, 2.75) is 19.6 Å². The lowest BCUT2D eigenvalue weighted by atomic mass is 10.0. The summed E-state index contributed by atoms with van der Waals surface area (Å²) in [6, 6.07) is 58.8. The molecule has 6 rings (SSSR count). The van der Waals surface area contributed by atoms with Crippen molar-refractivity contribution < 1.29 is 0 Å². The fourth-order valence-electron chi connectivity index (χ4n) is 5.24. The van der Waals surface area contributed by atoms with E-state index < -0.39 is 0 Å². The Labute approximate surface area is 238 Å². The molecule has 0 fully saturated rings. The minimum atomic E-state index is 0.885. The fraction of sp³-hybridized carbons (Fsp3) is 0.0769. The number of benzene rings is 6. The SMILES string of the molecule is c1ccc(-c2ccc(CN(Cc3ccc(-c4ccccc4)cc3)Cc3ccc(-c4ccccc4)cc3)cc2)cc1. The van der Waals surface area contributed by atoms with Gasteiger partial charge in [0.1, 0.15) is 0 Å². The Morgan fingerprint density at radius 1 is 0.250 bits per heavy atom. The second-order valence-corrected chi connectivity index (χ2v) is 10.3. The van der Waals surface area contributed by atoms with Crippen LogP contribution in [0.5, 0.6) is 0 Å². The maximum atomic E-state index is 2.53. The molecule has 0 saturated heterocycles. The quantitative estimate of drug-likeness (QED) is 0.185. The zero-order valence-electron chi connectivity index (χ0n) is 22.7. The van der Waals surface area contributed by atoms with E-state index in [1.165, 1.54) is 50.1 Å². The Kier molecular flexibility index (Phi) is 7.94. The second-order valence-electron chi connectivity index (χ2n) is 10.3. The number of rotatable bonds is 9. The average Bonchev–Trinajstić information content (AvgIpc) is 3.03. The highest BCUT2D eigenvalue weighted by Gasteiger charge is 2.10. The first-order chi connectivity index (χ1) is 19.8. The molecule has 0 heterocycles. The fourth-order valence-corrected chi connectivity index (χ4v) is 5.24. The molecule has 0 N–H and O–H groups in total. The molecule has 0 atom stereocenters.